The third-order valence-electron chi connectivity index (χ3n) is 14.8. The van der Waals surface area contributed by atoms with Crippen LogP contribution in [-0.2, 0) is 18.4 Å². The number of aliphatic hydroxyl groups is 1. The molecule has 0 radical (unpaired) electrons. The van der Waals surface area contributed by atoms with Gasteiger partial charge >= 0.3 is 7.82 Å². The van der Waals surface area contributed by atoms with Gasteiger partial charge < -0.3 is 19.8 Å². The van der Waals surface area contributed by atoms with E-state index in [0.717, 1.165) is 38.5 Å². The van der Waals surface area contributed by atoms with E-state index in [0.29, 0.717) is 23.9 Å². The molecule has 0 rings (SSSR count). The highest BCUT2D eigenvalue weighted by atomic mass is 31.2. The lowest BCUT2D eigenvalue weighted by Gasteiger charge is -2.26. The summed E-state index contributed by atoms with van der Waals surface area (Å²) in [5.41, 5.74) is 0. The van der Waals surface area contributed by atoms with Crippen LogP contribution < -0.4 is 5.32 Å². The van der Waals surface area contributed by atoms with Gasteiger partial charge in [-0.05, 0) is 38.5 Å². The molecular weight excluding hydrogens is 900 g/mol. The zero-order chi connectivity index (χ0) is 52.0. The highest BCUT2D eigenvalue weighted by Crippen LogP contribution is 2.43. The average molecular weight is 1030 g/mol. The third kappa shape index (κ3) is 56.8. The Morgan fingerprint density at radius 2 is 0.761 bits per heavy atom. The van der Waals surface area contributed by atoms with E-state index in [1.165, 1.54) is 263 Å². The van der Waals surface area contributed by atoms with Crippen LogP contribution in [0.2, 0.25) is 0 Å². The van der Waals surface area contributed by atoms with Crippen LogP contribution in [0.1, 0.15) is 328 Å². The lowest BCUT2D eigenvalue weighted by Crippen LogP contribution is -2.46. The van der Waals surface area contributed by atoms with Gasteiger partial charge in [0.05, 0.1) is 39.9 Å². The van der Waals surface area contributed by atoms with Crippen molar-refractivity contribution in [3.8, 4) is 0 Å². The van der Waals surface area contributed by atoms with Crippen LogP contribution in [0.5, 0.6) is 0 Å². The summed E-state index contributed by atoms with van der Waals surface area (Å²) < 4.78 is 23.8. The Balaban J connectivity index is 3.91. The molecule has 0 saturated heterocycles. The van der Waals surface area contributed by atoms with Crippen LogP contribution in [-0.4, -0.2) is 73.4 Å². The molecule has 0 fully saturated rings. The number of allylic oxidation sites excluding steroid dienone is 2. The third-order valence-corrected chi connectivity index (χ3v) is 15.7. The lowest BCUT2D eigenvalue weighted by molar-refractivity contribution is -0.870. The van der Waals surface area contributed by atoms with Crippen LogP contribution in [0.15, 0.2) is 12.2 Å². The van der Waals surface area contributed by atoms with E-state index in [1.807, 2.05) is 21.1 Å². The standard InChI is InChI=1S/C62H125N2O6P/c1-6-8-10-12-14-16-18-20-22-23-24-25-26-27-28-29-30-31-32-33-34-35-36-37-38-39-40-41-42-44-46-48-50-52-54-56-62(66)63-60(59-70-71(67,68)69-58-57-64(3,4)5)61(65)55-53-51-49-47-45-43-21-19-17-15-13-11-9-7-2/h29-30,60-61,65H,6-28,31-59H2,1-5H3,(H-,63,66,67,68)/p+1/b30-29-. The van der Waals surface area contributed by atoms with Crippen molar-refractivity contribution in [3.05, 3.63) is 12.2 Å². The molecule has 0 aliphatic rings. The molecule has 0 heterocycles. The van der Waals surface area contributed by atoms with Gasteiger partial charge in [-0.3, -0.25) is 13.8 Å². The quantitative estimate of drug-likeness (QED) is 0.0243. The summed E-state index contributed by atoms with van der Waals surface area (Å²) in [5.74, 6) is -0.138. The van der Waals surface area contributed by atoms with Crippen molar-refractivity contribution in [1.82, 2.24) is 5.32 Å². The maximum atomic E-state index is 13.0. The highest BCUT2D eigenvalue weighted by molar-refractivity contribution is 7.47. The van der Waals surface area contributed by atoms with E-state index in [1.54, 1.807) is 0 Å². The number of hydrogen-bond acceptors (Lipinski definition) is 5. The minimum Gasteiger partial charge on any atom is -0.391 e. The predicted molar refractivity (Wildman–Crippen MR) is 309 cm³/mol. The Labute approximate surface area is 443 Å². The maximum Gasteiger partial charge on any atom is 0.472 e. The second kappa shape index (κ2) is 54.0. The number of amides is 1. The van der Waals surface area contributed by atoms with Gasteiger partial charge in [-0.2, -0.15) is 0 Å². The lowest BCUT2D eigenvalue weighted by atomic mass is 10.0. The van der Waals surface area contributed by atoms with Gasteiger partial charge in [0.25, 0.3) is 0 Å². The Bertz CT molecular complexity index is 1160. The minimum absolute atomic E-state index is 0.0778. The number of nitrogens with one attached hydrogen (secondary N) is 1. The number of nitrogens with zero attached hydrogens (tertiary/aromatic N) is 1. The molecule has 0 aromatic heterocycles. The van der Waals surface area contributed by atoms with Crippen molar-refractivity contribution in [2.45, 2.75) is 341 Å². The second-order valence-electron chi connectivity index (χ2n) is 23.1. The summed E-state index contributed by atoms with van der Waals surface area (Å²) >= 11 is 0. The topological polar surface area (TPSA) is 105 Å². The smallest absolute Gasteiger partial charge is 0.391 e. The molecule has 3 atom stereocenters. The zero-order valence-electron chi connectivity index (χ0n) is 48.5. The number of unbranched alkanes of at least 4 members (excludes halogenated alkanes) is 44. The Kier molecular flexibility index (Phi) is 53.5. The second-order valence-corrected chi connectivity index (χ2v) is 24.6. The van der Waals surface area contributed by atoms with Gasteiger partial charge in [0.1, 0.15) is 13.2 Å². The Hall–Kier alpha value is -0.760. The molecule has 0 bridgehead atoms. The predicted octanol–water partition coefficient (Wildman–Crippen LogP) is 19.4. The van der Waals surface area contributed by atoms with Crippen LogP contribution in [0.4, 0.5) is 0 Å². The number of phosphoric acid groups is 1. The molecule has 0 aromatic carbocycles. The highest BCUT2D eigenvalue weighted by Gasteiger charge is 2.28. The first-order valence-corrected chi connectivity index (χ1v) is 33.0. The molecule has 8 nitrogen and oxygen atoms in total. The summed E-state index contributed by atoms with van der Waals surface area (Å²) in [6.07, 6.45) is 67.3. The van der Waals surface area contributed by atoms with Gasteiger partial charge in [0.2, 0.25) is 5.91 Å². The molecule has 0 saturated carbocycles. The number of hydrogen-bond donors (Lipinski definition) is 3. The van der Waals surface area contributed by atoms with Crippen molar-refractivity contribution in [2.75, 3.05) is 40.9 Å². The van der Waals surface area contributed by atoms with Crippen molar-refractivity contribution in [1.29, 1.82) is 0 Å². The largest absolute Gasteiger partial charge is 0.472 e. The van der Waals surface area contributed by atoms with Crippen molar-refractivity contribution < 1.29 is 32.9 Å². The fourth-order valence-electron chi connectivity index (χ4n) is 9.81. The molecule has 424 valence electrons. The molecule has 3 unspecified atom stereocenters. The molecule has 0 aliphatic heterocycles. The molecule has 0 spiro atoms. The number of phosphoric ester groups is 1. The van der Waals surface area contributed by atoms with Gasteiger partial charge in [0, 0.05) is 6.42 Å². The SMILES string of the molecule is CCCCCCCCCCCCCCCC/C=C\CCCCCCCCCCCCCCCCCCCC(=O)NC(COP(=O)(O)OCC[N+](C)(C)C)C(O)CCCCCCCCCCCCCCCC. The van der Waals surface area contributed by atoms with E-state index in [4.69, 9.17) is 9.05 Å². The summed E-state index contributed by atoms with van der Waals surface area (Å²) in [6, 6.07) is -0.756. The number of aliphatic hydroxyl groups excluding tert-OH is 1. The number of carbonyl (C=O) groups excluding carboxylic acids is 1. The molecule has 0 aliphatic carbocycles. The van der Waals surface area contributed by atoms with Crippen LogP contribution in [0.25, 0.3) is 0 Å². The number of rotatable bonds is 59. The van der Waals surface area contributed by atoms with E-state index < -0.39 is 20.0 Å². The first kappa shape index (κ1) is 70.2. The minimum atomic E-state index is -4.32. The molecule has 71 heavy (non-hydrogen) atoms. The van der Waals surface area contributed by atoms with Crippen molar-refractivity contribution in [3.63, 3.8) is 0 Å². The van der Waals surface area contributed by atoms with Crippen molar-refractivity contribution in [2.24, 2.45) is 0 Å². The number of quaternary nitrogens is 1. The maximum absolute atomic E-state index is 13.0. The average Bonchev–Trinajstić information content (AvgIpc) is 3.33. The van der Waals surface area contributed by atoms with Crippen LogP contribution in [0.3, 0.4) is 0 Å². The van der Waals surface area contributed by atoms with E-state index in [9.17, 15) is 19.4 Å². The zero-order valence-corrected chi connectivity index (χ0v) is 49.4. The fraction of sp³-hybridized carbons (Fsp3) is 0.952. The van der Waals surface area contributed by atoms with Gasteiger partial charge in [-0.25, -0.2) is 4.57 Å². The fourth-order valence-corrected chi connectivity index (χ4v) is 10.5. The molecule has 0 aromatic rings. The monoisotopic (exact) mass is 1030 g/mol. The molecule has 3 N–H and O–H groups in total. The normalized spacial score (nSPS) is 13.8. The van der Waals surface area contributed by atoms with E-state index in [-0.39, 0.29) is 19.1 Å². The van der Waals surface area contributed by atoms with Gasteiger partial charge in [-0.1, -0.05) is 296 Å². The van der Waals surface area contributed by atoms with Crippen LogP contribution in [0, 0.1) is 0 Å². The number of carbonyl (C=O) groups is 1. The molecular formula is C62H126N2O6P+. The van der Waals surface area contributed by atoms with Gasteiger partial charge in [-0.15, -0.1) is 0 Å². The first-order chi connectivity index (χ1) is 34.5. The van der Waals surface area contributed by atoms with Crippen molar-refractivity contribution >= 4 is 13.7 Å². The Morgan fingerprint density at radius 1 is 0.465 bits per heavy atom. The van der Waals surface area contributed by atoms with E-state index >= 15 is 0 Å². The van der Waals surface area contributed by atoms with Gasteiger partial charge in [0.15, 0.2) is 0 Å². The summed E-state index contributed by atoms with van der Waals surface area (Å²) in [4.78, 5) is 23.3. The van der Waals surface area contributed by atoms with Crippen LogP contribution >= 0.6 is 7.82 Å². The number of likely N-dealkylation sites (N-methyl/N-ethyl adjacent to an activating group) is 1. The molecule has 9 heteroatoms. The summed E-state index contributed by atoms with van der Waals surface area (Å²) in [5, 5.41) is 14.1. The first-order valence-electron chi connectivity index (χ1n) is 31.6. The van der Waals surface area contributed by atoms with E-state index in [2.05, 4.69) is 31.3 Å². The summed E-state index contributed by atoms with van der Waals surface area (Å²) in [7, 11) is 1.63. The Morgan fingerprint density at radius 3 is 1.08 bits per heavy atom. The summed E-state index contributed by atoms with van der Waals surface area (Å²) in [6.45, 7) is 4.93. The molecule has 1 amide bonds.